The molecular formula is C22H14ClNO. The Kier molecular flexibility index (Phi) is 4.04. The Bertz CT molecular complexity index is 1060. The number of nitrogens with zero attached hydrogens (tertiary/aromatic N) is 1. The van der Waals surface area contributed by atoms with Crippen molar-refractivity contribution in [2.45, 2.75) is 0 Å². The molecule has 1 aromatic heterocycles. The number of hydrogen-bond acceptors (Lipinski definition) is 2. The van der Waals surface area contributed by atoms with E-state index in [0.29, 0.717) is 16.1 Å². The molecule has 0 amide bonds. The molecule has 0 aliphatic carbocycles. The number of benzene rings is 3. The van der Waals surface area contributed by atoms with Crippen molar-refractivity contribution in [3.8, 4) is 11.1 Å². The van der Waals surface area contributed by atoms with Crippen molar-refractivity contribution in [3.63, 3.8) is 0 Å². The van der Waals surface area contributed by atoms with Gasteiger partial charge in [-0.3, -0.25) is 9.78 Å². The summed E-state index contributed by atoms with van der Waals surface area (Å²) in [5, 5.41) is 1.50. The third-order valence-electron chi connectivity index (χ3n) is 4.17. The van der Waals surface area contributed by atoms with Gasteiger partial charge < -0.3 is 0 Å². The highest BCUT2D eigenvalue weighted by atomic mass is 35.5. The predicted molar refractivity (Wildman–Crippen MR) is 102 cm³/mol. The summed E-state index contributed by atoms with van der Waals surface area (Å²) in [5.74, 6) is -0.0474. The van der Waals surface area contributed by atoms with Crippen LogP contribution in [0.4, 0.5) is 0 Å². The number of ketones is 1. The van der Waals surface area contributed by atoms with Crippen molar-refractivity contribution < 1.29 is 4.79 Å². The molecule has 0 bridgehead atoms. The van der Waals surface area contributed by atoms with Gasteiger partial charge in [0.15, 0.2) is 5.78 Å². The van der Waals surface area contributed by atoms with Crippen molar-refractivity contribution in [1.82, 2.24) is 4.98 Å². The van der Waals surface area contributed by atoms with Crippen LogP contribution < -0.4 is 0 Å². The zero-order chi connectivity index (χ0) is 17.2. The van der Waals surface area contributed by atoms with E-state index in [9.17, 15) is 4.79 Å². The molecule has 0 saturated carbocycles. The lowest BCUT2D eigenvalue weighted by molar-refractivity contribution is 0.103. The highest BCUT2D eigenvalue weighted by molar-refractivity contribution is 6.31. The van der Waals surface area contributed by atoms with Crippen LogP contribution in [0.2, 0.25) is 5.02 Å². The van der Waals surface area contributed by atoms with Gasteiger partial charge in [-0.25, -0.2) is 0 Å². The van der Waals surface area contributed by atoms with Crippen LogP contribution in [0.5, 0.6) is 0 Å². The number of pyridine rings is 1. The highest BCUT2D eigenvalue weighted by Gasteiger charge is 2.18. The second-order valence-electron chi connectivity index (χ2n) is 5.77. The molecular weight excluding hydrogens is 330 g/mol. The third-order valence-corrected chi connectivity index (χ3v) is 4.41. The van der Waals surface area contributed by atoms with E-state index < -0.39 is 0 Å². The van der Waals surface area contributed by atoms with Crippen molar-refractivity contribution >= 4 is 28.3 Å². The van der Waals surface area contributed by atoms with Crippen LogP contribution in [0.25, 0.3) is 22.0 Å². The summed E-state index contributed by atoms with van der Waals surface area (Å²) in [6.45, 7) is 0. The highest BCUT2D eigenvalue weighted by Crippen LogP contribution is 2.33. The van der Waals surface area contributed by atoms with Gasteiger partial charge in [0, 0.05) is 33.3 Å². The van der Waals surface area contributed by atoms with Crippen molar-refractivity contribution in [2.75, 3.05) is 0 Å². The monoisotopic (exact) mass is 343 g/mol. The second-order valence-corrected chi connectivity index (χ2v) is 6.21. The Hall–Kier alpha value is -2.97. The number of hydrogen-bond donors (Lipinski definition) is 0. The summed E-state index contributed by atoms with van der Waals surface area (Å²) >= 11 is 6.21. The van der Waals surface area contributed by atoms with E-state index in [-0.39, 0.29) is 5.78 Å². The maximum absolute atomic E-state index is 13.1. The number of carbonyl (C=O) groups excluding carboxylic acids is 1. The van der Waals surface area contributed by atoms with Gasteiger partial charge in [0.1, 0.15) is 0 Å². The normalized spacial score (nSPS) is 10.8. The average molecular weight is 344 g/mol. The first-order valence-electron chi connectivity index (χ1n) is 7.97. The number of aromatic nitrogens is 1. The fourth-order valence-electron chi connectivity index (χ4n) is 3.00. The summed E-state index contributed by atoms with van der Waals surface area (Å²) in [7, 11) is 0. The molecule has 25 heavy (non-hydrogen) atoms. The summed E-state index contributed by atoms with van der Waals surface area (Å²) in [6.07, 6.45) is 1.66. The third kappa shape index (κ3) is 2.92. The lowest BCUT2D eigenvalue weighted by atomic mass is 9.92. The van der Waals surface area contributed by atoms with Gasteiger partial charge >= 0.3 is 0 Å². The average Bonchev–Trinajstić information content (AvgIpc) is 2.68. The molecule has 0 unspecified atom stereocenters. The van der Waals surface area contributed by atoms with E-state index in [2.05, 4.69) is 4.98 Å². The standard InChI is InChI=1S/C22H14ClNO/c23-17-11-12-20-18(13-17)21(15-7-3-1-4-8-15)19(14-24-20)22(25)16-9-5-2-6-10-16/h1-14H. The van der Waals surface area contributed by atoms with Gasteiger partial charge in [0.25, 0.3) is 0 Å². The molecule has 4 aromatic rings. The summed E-state index contributed by atoms with van der Waals surface area (Å²) < 4.78 is 0. The number of halogens is 1. The fraction of sp³-hybridized carbons (Fsp3) is 0. The molecule has 1 heterocycles. The quantitative estimate of drug-likeness (QED) is 0.441. The van der Waals surface area contributed by atoms with Gasteiger partial charge in [0.2, 0.25) is 0 Å². The van der Waals surface area contributed by atoms with Gasteiger partial charge in [-0.2, -0.15) is 0 Å². The molecule has 0 aliphatic heterocycles. The molecule has 4 rings (SSSR count). The molecule has 0 saturated heterocycles. The Morgan fingerprint density at radius 3 is 2.24 bits per heavy atom. The first kappa shape index (κ1) is 15.6. The SMILES string of the molecule is O=C(c1ccccc1)c1cnc2ccc(Cl)cc2c1-c1ccccc1. The predicted octanol–water partition coefficient (Wildman–Crippen LogP) is 5.79. The molecule has 2 nitrogen and oxygen atoms in total. The lowest BCUT2D eigenvalue weighted by Crippen LogP contribution is -2.05. The van der Waals surface area contributed by atoms with Crippen LogP contribution in [0.1, 0.15) is 15.9 Å². The first-order valence-corrected chi connectivity index (χ1v) is 8.35. The molecule has 0 radical (unpaired) electrons. The Balaban J connectivity index is 2.03. The minimum Gasteiger partial charge on any atom is -0.289 e. The topological polar surface area (TPSA) is 30.0 Å². The maximum atomic E-state index is 13.1. The smallest absolute Gasteiger partial charge is 0.195 e. The minimum absolute atomic E-state index is 0.0474. The Morgan fingerprint density at radius 1 is 0.840 bits per heavy atom. The second kappa shape index (κ2) is 6.50. The molecule has 3 heteroatoms. The van der Waals surface area contributed by atoms with Crippen molar-refractivity contribution in [2.24, 2.45) is 0 Å². The first-order chi connectivity index (χ1) is 12.2. The van der Waals surface area contributed by atoms with E-state index in [0.717, 1.165) is 22.0 Å². The molecule has 3 aromatic carbocycles. The Labute approximate surface area is 150 Å². The fourth-order valence-corrected chi connectivity index (χ4v) is 3.17. The van der Waals surface area contributed by atoms with Gasteiger partial charge in [0.05, 0.1) is 5.52 Å². The molecule has 0 aliphatic rings. The van der Waals surface area contributed by atoms with Crippen LogP contribution in [0, 0.1) is 0 Å². The van der Waals surface area contributed by atoms with Crippen LogP contribution in [-0.2, 0) is 0 Å². The Morgan fingerprint density at radius 2 is 1.52 bits per heavy atom. The minimum atomic E-state index is -0.0474. The lowest BCUT2D eigenvalue weighted by Gasteiger charge is -2.13. The number of fused-ring (bicyclic) bond motifs is 1. The van der Waals surface area contributed by atoms with Crippen LogP contribution in [0.3, 0.4) is 0 Å². The maximum Gasteiger partial charge on any atom is 0.195 e. The molecule has 0 spiro atoms. The van der Waals surface area contributed by atoms with E-state index in [1.165, 1.54) is 0 Å². The van der Waals surface area contributed by atoms with E-state index in [4.69, 9.17) is 11.6 Å². The van der Waals surface area contributed by atoms with Crippen molar-refractivity contribution in [3.05, 3.63) is 101 Å². The van der Waals surface area contributed by atoms with Crippen molar-refractivity contribution in [1.29, 1.82) is 0 Å². The van der Waals surface area contributed by atoms with Crippen LogP contribution in [-0.4, -0.2) is 10.8 Å². The molecule has 120 valence electrons. The molecule has 0 N–H and O–H groups in total. The number of carbonyl (C=O) groups is 1. The zero-order valence-corrected chi connectivity index (χ0v) is 14.1. The largest absolute Gasteiger partial charge is 0.289 e. The summed E-state index contributed by atoms with van der Waals surface area (Å²) in [6, 6.07) is 24.7. The zero-order valence-electron chi connectivity index (χ0n) is 13.3. The van der Waals surface area contributed by atoms with E-state index in [1.807, 2.05) is 78.9 Å². The summed E-state index contributed by atoms with van der Waals surface area (Å²) in [5.41, 5.74) is 3.86. The molecule has 0 fully saturated rings. The number of rotatable bonds is 3. The van der Waals surface area contributed by atoms with Gasteiger partial charge in [-0.05, 0) is 23.8 Å². The summed E-state index contributed by atoms with van der Waals surface area (Å²) in [4.78, 5) is 17.6. The molecule has 0 atom stereocenters. The van der Waals surface area contributed by atoms with E-state index >= 15 is 0 Å². The van der Waals surface area contributed by atoms with Gasteiger partial charge in [-0.1, -0.05) is 72.3 Å². The van der Waals surface area contributed by atoms with Gasteiger partial charge in [-0.15, -0.1) is 0 Å². The van der Waals surface area contributed by atoms with E-state index in [1.54, 1.807) is 6.20 Å². The van der Waals surface area contributed by atoms with Crippen LogP contribution >= 0.6 is 11.6 Å². The van der Waals surface area contributed by atoms with Crippen LogP contribution in [0.15, 0.2) is 85.1 Å².